The van der Waals surface area contributed by atoms with Crippen LogP contribution < -0.4 is 10.6 Å². The van der Waals surface area contributed by atoms with Gasteiger partial charge in [0.1, 0.15) is 5.82 Å². The molecule has 0 aliphatic carbocycles. The lowest BCUT2D eigenvalue weighted by atomic mass is 10.0. The van der Waals surface area contributed by atoms with Crippen LogP contribution in [0.4, 0.5) is 5.69 Å². The Morgan fingerprint density at radius 1 is 1.33 bits per heavy atom. The van der Waals surface area contributed by atoms with Gasteiger partial charge in [-0.3, -0.25) is 0 Å². The van der Waals surface area contributed by atoms with Gasteiger partial charge in [0.05, 0.1) is 11.0 Å². The van der Waals surface area contributed by atoms with Crippen molar-refractivity contribution in [2.45, 2.75) is 58.0 Å². The molecule has 2 atom stereocenters. The van der Waals surface area contributed by atoms with Gasteiger partial charge in [0.2, 0.25) is 0 Å². The summed E-state index contributed by atoms with van der Waals surface area (Å²) in [6, 6.07) is 7.50. The topological polar surface area (TPSA) is 52.7 Å². The van der Waals surface area contributed by atoms with Crippen LogP contribution in [0, 0.1) is 6.92 Å². The fourth-order valence-corrected chi connectivity index (χ4v) is 3.30. The number of imidazole rings is 1. The Morgan fingerprint density at radius 3 is 3.14 bits per heavy atom. The molecule has 1 aliphatic rings. The molecule has 1 saturated heterocycles. The molecule has 1 aromatic heterocycles. The van der Waals surface area contributed by atoms with Crippen LogP contribution in [0.15, 0.2) is 18.2 Å². The number of anilines is 1. The Morgan fingerprint density at radius 2 is 2.24 bits per heavy atom. The summed E-state index contributed by atoms with van der Waals surface area (Å²) in [7, 11) is 0. The van der Waals surface area contributed by atoms with E-state index in [1.54, 1.807) is 0 Å². The number of hydrogen-bond donors (Lipinski definition) is 3. The summed E-state index contributed by atoms with van der Waals surface area (Å²) >= 11 is 0. The van der Waals surface area contributed by atoms with Gasteiger partial charge < -0.3 is 15.6 Å². The van der Waals surface area contributed by atoms with Gasteiger partial charge in [0, 0.05) is 17.8 Å². The van der Waals surface area contributed by atoms with Crippen molar-refractivity contribution in [2.75, 3.05) is 11.9 Å². The van der Waals surface area contributed by atoms with Gasteiger partial charge in [0.25, 0.3) is 0 Å². The number of hydrogen-bond acceptors (Lipinski definition) is 3. The fourth-order valence-electron chi connectivity index (χ4n) is 3.30. The molecule has 2 aromatic rings. The minimum Gasteiger partial charge on any atom is -0.382 e. The SMILES string of the molecule is Cc1nc2ccc(NC(C)CC3CCCCCN3)cc2[nH]1. The first kappa shape index (κ1) is 14.4. The van der Waals surface area contributed by atoms with Crippen molar-refractivity contribution >= 4 is 16.7 Å². The van der Waals surface area contributed by atoms with E-state index in [1.165, 1.54) is 44.3 Å². The molecule has 1 aromatic carbocycles. The standard InChI is InChI=1S/C17H26N4/c1-12(10-14-6-4-3-5-9-18-14)19-15-7-8-16-17(11-15)21-13(2)20-16/h7-8,11-12,14,18-19H,3-6,9-10H2,1-2H3,(H,20,21). The molecule has 0 amide bonds. The molecule has 3 rings (SSSR count). The van der Waals surface area contributed by atoms with Gasteiger partial charge in [-0.1, -0.05) is 12.8 Å². The van der Waals surface area contributed by atoms with E-state index in [-0.39, 0.29) is 0 Å². The van der Waals surface area contributed by atoms with Crippen molar-refractivity contribution in [3.05, 3.63) is 24.0 Å². The van der Waals surface area contributed by atoms with E-state index in [9.17, 15) is 0 Å². The molecule has 2 heterocycles. The average molecular weight is 286 g/mol. The van der Waals surface area contributed by atoms with Crippen molar-refractivity contribution in [3.8, 4) is 0 Å². The fraction of sp³-hybridized carbons (Fsp3) is 0.588. The maximum Gasteiger partial charge on any atom is 0.104 e. The van der Waals surface area contributed by atoms with Crippen LogP contribution in [0.1, 0.15) is 44.9 Å². The molecule has 1 aliphatic heterocycles. The number of nitrogens with zero attached hydrogens (tertiary/aromatic N) is 1. The second-order valence-corrected chi connectivity index (χ2v) is 6.34. The van der Waals surface area contributed by atoms with Crippen molar-refractivity contribution in [1.82, 2.24) is 15.3 Å². The third-order valence-electron chi connectivity index (χ3n) is 4.31. The van der Waals surface area contributed by atoms with E-state index >= 15 is 0 Å². The Kier molecular flexibility index (Phi) is 4.44. The van der Waals surface area contributed by atoms with Crippen LogP contribution in [0.3, 0.4) is 0 Å². The van der Waals surface area contributed by atoms with Crippen molar-refractivity contribution in [1.29, 1.82) is 0 Å². The molecule has 2 unspecified atom stereocenters. The van der Waals surface area contributed by atoms with Crippen LogP contribution in [0.5, 0.6) is 0 Å². The summed E-state index contributed by atoms with van der Waals surface area (Å²) in [5.74, 6) is 0.970. The molecule has 114 valence electrons. The zero-order valence-electron chi connectivity index (χ0n) is 13.1. The summed E-state index contributed by atoms with van der Waals surface area (Å²) in [6.07, 6.45) is 6.56. The molecule has 3 N–H and O–H groups in total. The van der Waals surface area contributed by atoms with Crippen LogP contribution in [-0.4, -0.2) is 28.6 Å². The monoisotopic (exact) mass is 286 g/mol. The number of H-pyrrole nitrogens is 1. The summed E-state index contributed by atoms with van der Waals surface area (Å²) in [5.41, 5.74) is 3.32. The first-order valence-corrected chi connectivity index (χ1v) is 8.17. The summed E-state index contributed by atoms with van der Waals surface area (Å²) in [6.45, 7) is 5.44. The number of benzene rings is 1. The number of aryl methyl sites for hydroxylation is 1. The number of aromatic nitrogens is 2. The molecular weight excluding hydrogens is 260 g/mol. The molecule has 0 bridgehead atoms. The number of nitrogens with one attached hydrogen (secondary N) is 3. The first-order valence-electron chi connectivity index (χ1n) is 8.17. The molecule has 0 radical (unpaired) electrons. The lowest BCUT2D eigenvalue weighted by Crippen LogP contribution is -2.33. The van der Waals surface area contributed by atoms with Gasteiger partial charge in [-0.2, -0.15) is 0 Å². The third kappa shape index (κ3) is 3.76. The van der Waals surface area contributed by atoms with Gasteiger partial charge >= 0.3 is 0 Å². The predicted molar refractivity (Wildman–Crippen MR) is 88.8 cm³/mol. The maximum atomic E-state index is 4.44. The van der Waals surface area contributed by atoms with Crippen molar-refractivity contribution in [2.24, 2.45) is 0 Å². The Labute approximate surface area is 126 Å². The summed E-state index contributed by atoms with van der Waals surface area (Å²) in [5, 5.41) is 7.30. The Balaban J connectivity index is 1.60. The van der Waals surface area contributed by atoms with Crippen LogP contribution in [0.25, 0.3) is 11.0 Å². The molecule has 0 saturated carbocycles. The van der Waals surface area contributed by atoms with E-state index in [2.05, 4.69) is 45.7 Å². The minimum absolute atomic E-state index is 0.474. The van der Waals surface area contributed by atoms with Gasteiger partial charge in [0.15, 0.2) is 0 Å². The number of fused-ring (bicyclic) bond motifs is 1. The molecule has 4 heteroatoms. The van der Waals surface area contributed by atoms with E-state index in [1.807, 2.05) is 6.92 Å². The number of aromatic amines is 1. The summed E-state index contributed by atoms with van der Waals surface area (Å²) < 4.78 is 0. The largest absolute Gasteiger partial charge is 0.382 e. The van der Waals surface area contributed by atoms with E-state index in [4.69, 9.17) is 0 Å². The van der Waals surface area contributed by atoms with Crippen LogP contribution in [0.2, 0.25) is 0 Å². The van der Waals surface area contributed by atoms with E-state index in [0.29, 0.717) is 12.1 Å². The molecule has 21 heavy (non-hydrogen) atoms. The normalized spacial score (nSPS) is 21.1. The second kappa shape index (κ2) is 6.48. The van der Waals surface area contributed by atoms with Gasteiger partial charge in [-0.05, 0) is 57.9 Å². The molecular formula is C17H26N4. The lowest BCUT2D eigenvalue weighted by Gasteiger charge is -2.22. The van der Waals surface area contributed by atoms with Gasteiger partial charge in [-0.25, -0.2) is 4.98 Å². The zero-order chi connectivity index (χ0) is 14.7. The highest BCUT2D eigenvalue weighted by Gasteiger charge is 2.15. The maximum absolute atomic E-state index is 4.44. The van der Waals surface area contributed by atoms with Crippen molar-refractivity contribution in [3.63, 3.8) is 0 Å². The smallest absolute Gasteiger partial charge is 0.104 e. The highest BCUT2D eigenvalue weighted by molar-refractivity contribution is 5.79. The third-order valence-corrected chi connectivity index (χ3v) is 4.31. The Hall–Kier alpha value is -1.55. The Bertz CT molecular complexity index is 581. The average Bonchev–Trinajstić information content (AvgIpc) is 2.64. The lowest BCUT2D eigenvalue weighted by molar-refractivity contribution is 0.456. The zero-order valence-corrected chi connectivity index (χ0v) is 13.1. The minimum atomic E-state index is 0.474. The number of rotatable bonds is 4. The highest BCUT2D eigenvalue weighted by Crippen LogP contribution is 2.19. The van der Waals surface area contributed by atoms with Crippen molar-refractivity contribution < 1.29 is 0 Å². The quantitative estimate of drug-likeness (QED) is 0.805. The van der Waals surface area contributed by atoms with Gasteiger partial charge in [-0.15, -0.1) is 0 Å². The second-order valence-electron chi connectivity index (χ2n) is 6.34. The van der Waals surface area contributed by atoms with Crippen LogP contribution >= 0.6 is 0 Å². The molecule has 1 fully saturated rings. The van der Waals surface area contributed by atoms with Crippen LogP contribution in [-0.2, 0) is 0 Å². The molecule has 4 nitrogen and oxygen atoms in total. The first-order chi connectivity index (χ1) is 10.2. The predicted octanol–water partition coefficient (Wildman–Crippen LogP) is 3.59. The summed E-state index contributed by atoms with van der Waals surface area (Å²) in [4.78, 5) is 7.74. The van der Waals surface area contributed by atoms with E-state index in [0.717, 1.165) is 16.9 Å². The highest BCUT2D eigenvalue weighted by atomic mass is 15.0. The molecule has 0 spiro atoms. The van der Waals surface area contributed by atoms with E-state index < -0.39 is 0 Å².